The maximum absolute atomic E-state index is 13.0. The number of H-pyrrole nitrogens is 1. The smallest absolute Gasteiger partial charge is 0.370 e. The molecule has 10 heteroatoms. The number of alkyl halides is 3. The average molecular weight is 392 g/mol. The summed E-state index contributed by atoms with van der Waals surface area (Å²) in [7, 11) is 3.86. The number of hydrogen-bond donors (Lipinski definition) is 3. The van der Waals surface area contributed by atoms with Crippen LogP contribution in [-0.4, -0.2) is 48.9 Å². The molecule has 0 fully saturated rings. The van der Waals surface area contributed by atoms with Crippen molar-refractivity contribution in [1.82, 2.24) is 15.2 Å². The van der Waals surface area contributed by atoms with E-state index in [-0.39, 0.29) is 35.0 Å². The first-order valence-corrected chi connectivity index (χ1v) is 7.63. The fourth-order valence-corrected chi connectivity index (χ4v) is 2.33. The van der Waals surface area contributed by atoms with E-state index >= 15 is 0 Å². The van der Waals surface area contributed by atoms with Gasteiger partial charge in [0.15, 0.2) is 5.96 Å². The molecule has 1 amide bonds. The number of hydrogen-bond acceptors (Lipinski definition) is 3. The van der Waals surface area contributed by atoms with Crippen molar-refractivity contribution < 1.29 is 18.0 Å². The fraction of sp³-hybridized carbons (Fsp3) is 0.375. The van der Waals surface area contributed by atoms with Crippen molar-refractivity contribution in [3.05, 3.63) is 35.5 Å². The largest absolute Gasteiger partial charge is 0.417 e. The second kappa shape index (κ2) is 8.91. The SMILES string of the molecule is CN(C)CCCN=C(N)NC(=O)c1cc2c(C(F)(F)F)cccc2[nH]1.Cl. The van der Waals surface area contributed by atoms with E-state index in [9.17, 15) is 18.0 Å². The first-order valence-electron chi connectivity index (χ1n) is 7.63. The second-order valence-electron chi connectivity index (χ2n) is 5.83. The van der Waals surface area contributed by atoms with Gasteiger partial charge in [-0.2, -0.15) is 13.2 Å². The highest BCUT2D eigenvalue weighted by atomic mass is 35.5. The number of nitrogens with two attached hydrogens (primary N) is 1. The topological polar surface area (TPSA) is 86.5 Å². The molecule has 0 spiro atoms. The molecule has 0 aliphatic heterocycles. The summed E-state index contributed by atoms with van der Waals surface area (Å²) in [4.78, 5) is 20.8. The van der Waals surface area contributed by atoms with Crippen molar-refractivity contribution >= 4 is 35.2 Å². The highest BCUT2D eigenvalue weighted by molar-refractivity contribution is 6.06. The molecule has 1 aromatic heterocycles. The second-order valence-corrected chi connectivity index (χ2v) is 5.83. The molecule has 0 radical (unpaired) electrons. The van der Waals surface area contributed by atoms with Crippen molar-refractivity contribution in [2.24, 2.45) is 10.7 Å². The van der Waals surface area contributed by atoms with E-state index in [1.165, 1.54) is 12.1 Å². The van der Waals surface area contributed by atoms with Crippen LogP contribution in [0, 0.1) is 0 Å². The number of rotatable bonds is 5. The lowest BCUT2D eigenvalue weighted by atomic mass is 10.1. The predicted molar refractivity (Wildman–Crippen MR) is 97.7 cm³/mol. The summed E-state index contributed by atoms with van der Waals surface area (Å²) in [5, 5.41) is 2.30. The van der Waals surface area contributed by atoms with Gasteiger partial charge in [0.05, 0.1) is 5.56 Å². The number of halogens is 4. The zero-order valence-corrected chi connectivity index (χ0v) is 15.2. The van der Waals surface area contributed by atoms with Gasteiger partial charge in [-0.3, -0.25) is 15.1 Å². The van der Waals surface area contributed by atoms with Crippen LogP contribution in [0.2, 0.25) is 0 Å². The molecular formula is C16H21ClF3N5O. The number of benzene rings is 1. The predicted octanol–water partition coefficient (Wildman–Crippen LogP) is 2.60. The van der Waals surface area contributed by atoms with Gasteiger partial charge in [0.2, 0.25) is 0 Å². The molecule has 0 unspecified atom stereocenters. The summed E-state index contributed by atoms with van der Waals surface area (Å²) in [6, 6.07) is 4.88. The zero-order chi connectivity index (χ0) is 18.6. The summed E-state index contributed by atoms with van der Waals surface area (Å²) >= 11 is 0. The van der Waals surface area contributed by atoms with Crippen molar-refractivity contribution in [3.8, 4) is 0 Å². The number of guanidine groups is 1. The van der Waals surface area contributed by atoms with Gasteiger partial charge in [0.1, 0.15) is 5.69 Å². The number of fused-ring (bicyclic) bond motifs is 1. The standard InChI is InChI=1S/C16H20F3N5O.ClH/c1-24(2)8-4-7-21-15(20)23-14(25)13-9-10-11(16(17,18)19)5-3-6-12(10)22-13;/h3,5-6,9,22H,4,7-8H2,1-2H3,(H3,20,21,23,25);1H. The lowest BCUT2D eigenvalue weighted by molar-refractivity contribution is -0.136. The maximum Gasteiger partial charge on any atom is 0.417 e. The molecule has 1 aromatic carbocycles. The number of nitrogens with one attached hydrogen (secondary N) is 2. The van der Waals surface area contributed by atoms with Gasteiger partial charge in [0, 0.05) is 17.4 Å². The molecule has 0 saturated carbocycles. The molecule has 144 valence electrons. The number of amides is 1. The number of aromatic amines is 1. The molecule has 0 saturated heterocycles. The van der Waals surface area contributed by atoms with E-state index in [0.29, 0.717) is 6.54 Å². The molecule has 0 aliphatic carbocycles. The Hall–Kier alpha value is -2.26. The summed E-state index contributed by atoms with van der Waals surface area (Å²) in [5.74, 6) is -0.711. The first-order chi connectivity index (χ1) is 11.7. The molecule has 0 atom stereocenters. The van der Waals surface area contributed by atoms with Crippen LogP contribution in [0.5, 0.6) is 0 Å². The lowest BCUT2D eigenvalue weighted by Crippen LogP contribution is -2.37. The van der Waals surface area contributed by atoms with Crippen LogP contribution in [0.4, 0.5) is 13.2 Å². The Bertz CT molecular complexity index is 786. The Kier molecular flexibility index (Phi) is 7.46. The van der Waals surface area contributed by atoms with Crippen LogP contribution >= 0.6 is 12.4 Å². The van der Waals surface area contributed by atoms with Crippen molar-refractivity contribution in [3.63, 3.8) is 0 Å². The van der Waals surface area contributed by atoms with E-state index in [0.717, 1.165) is 25.1 Å². The number of aromatic nitrogens is 1. The Morgan fingerprint density at radius 3 is 2.65 bits per heavy atom. The summed E-state index contributed by atoms with van der Waals surface area (Å²) < 4.78 is 39.0. The Morgan fingerprint density at radius 1 is 1.35 bits per heavy atom. The number of carbonyl (C=O) groups excluding carboxylic acids is 1. The van der Waals surface area contributed by atoms with Gasteiger partial charge in [-0.1, -0.05) is 6.07 Å². The lowest BCUT2D eigenvalue weighted by Gasteiger charge is -2.07. The van der Waals surface area contributed by atoms with E-state index in [2.05, 4.69) is 15.3 Å². The van der Waals surface area contributed by atoms with Crippen LogP contribution in [0.1, 0.15) is 22.5 Å². The van der Waals surface area contributed by atoms with Gasteiger partial charge in [-0.25, -0.2) is 0 Å². The Morgan fingerprint density at radius 2 is 2.04 bits per heavy atom. The summed E-state index contributed by atoms with van der Waals surface area (Å²) in [5.41, 5.74) is 5.04. The minimum Gasteiger partial charge on any atom is -0.370 e. The number of carbonyl (C=O) groups is 1. The highest BCUT2D eigenvalue weighted by Crippen LogP contribution is 2.34. The quantitative estimate of drug-likeness (QED) is 0.416. The number of nitrogens with zero attached hydrogens (tertiary/aromatic N) is 2. The van der Waals surface area contributed by atoms with E-state index < -0.39 is 17.6 Å². The van der Waals surface area contributed by atoms with Gasteiger partial charge in [-0.15, -0.1) is 12.4 Å². The maximum atomic E-state index is 13.0. The molecule has 4 N–H and O–H groups in total. The molecule has 0 aliphatic rings. The summed E-state index contributed by atoms with van der Waals surface area (Å²) in [6.45, 7) is 1.27. The van der Waals surface area contributed by atoms with Crippen molar-refractivity contribution in [2.75, 3.05) is 27.2 Å². The molecule has 6 nitrogen and oxygen atoms in total. The molecule has 2 rings (SSSR count). The Balaban J connectivity index is 0.00000338. The number of aliphatic imine (C=N–C) groups is 1. The highest BCUT2D eigenvalue weighted by Gasteiger charge is 2.33. The fourth-order valence-electron chi connectivity index (χ4n) is 2.33. The Labute approximate surface area is 155 Å². The molecule has 0 bridgehead atoms. The third-order valence-electron chi connectivity index (χ3n) is 3.50. The molecular weight excluding hydrogens is 371 g/mol. The normalized spacial score (nSPS) is 12.3. The molecule has 2 aromatic rings. The van der Waals surface area contributed by atoms with E-state index in [4.69, 9.17) is 5.73 Å². The zero-order valence-electron chi connectivity index (χ0n) is 14.4. The minimum absolute atomic E-state index is 0. The van der Waals surface area contributed by atoms with Crippen molar-refractivity contribution in [2.45, 2.75) is 12.6 Å². The third-order valence-corrected chi connectivity index (χ3v) is 3.50. The van der Waals surface area contributed by atoms with Gasteiger partial charge in [0.25, 0.3) is 5.91 Å². The molecule has 1 heterocycles. The van der Waals surface area contributed by atoms with Crippen LogP contribution in [0.15, 0.2) is 29.3 Å². The van der Waals surface area contributed by atoms with Crippen LogP contribution < -0.4 is 11.1 Å². The third kappa shape index (κ3) is 5.63. The van der Waals surface area contributed by atoms with E-state index in [1.807, 2.05) is 19.0 Å². The van der Waals surface area contributed by atoms with Crippen molar-refractivity contribution in [1.29, 1.82) is 0 Å². The average Bonchev–Trinajstić information content (AvgIpc) is 2.94. The first kappa shape index (κ1) is 21.8. The van der Waals surface area contributed by atoms with E-state index in [1.54, 1.807) is 0 Å². The van der Waals surface area contributed by atoms with Gasteiger partial charge >= 0.3 is 6.18 Å². The van der Waals surface area contributed by atoms with Gasteiger partial charge < -0.3 is 15.6 Å². The summed E-state index contributed by atoms with van der Waals surface area (Å²) in [6.07, 6.45) is -3.73. The van der Waals surface area contributed by atoms with Crippen LogP contribution in [0.25, 0.3) is 10.9 Å². The van der Waals surface area contributed by atoms with Gasteiger partial charge in [-0.05, 0) is 45.3 Å². The minimum atomic E-state index is -4.50. The molecule has 26 heavy (non-hydrogen) atoms. The van der Waals surface area contributed by atoms with Crippen LogP contribution in [-0.2, 0) is 6.18 Å². The monoisotopic (exact) mass is 391 g/mol. The van der Waals surface area contributed by atoms with Crippen LogP contribution in [0.3, 0.4) is 0 Å².